The van der Waals surface area contributed by atoms with Gasteiger partial charge in [-0.25, -0.2) is 0 Å². The van der Waals surface area contributed by atoms with E-state index in [0.717, 1.165) is 38.5 Å². The molecule has 0 heteroatoms. The van der Waals surface area contributed by atoms with Crippen LogP contribution in [0.2, 0.25) is 0 Å². The highest BCUT2D eigenvalue weighted by Gasteiger charge is 1.94. The fourth-order valence-electron chi connectivity index (χ4n) is 4.14. The van der Waals surface area contributed by atoms with E-state index >= 15 is 0 Å². The zero-order valence-electron chi connectivity index (χ0n) is 28.0. The molecule has 0 heterocycles. The van der Waals surface area contributed by atoms with E-state index in [1.165, 1.54) is 70.3 Å². The zero-order chi connectivity index (χ0) is 30.2. The van der Waals surface area contributed by atoms with Gasteiger partial charge in [-0.1, -0.05) is 117 Å². The molecule has 0 N–H and O–H groups in total. The smallest absolute Gasteiger partial charge is 0.0285 e. The van der Waals surface area contributed by atoms with Crippen molar-refractivity contribution in [2.75, 3.05) is 0 Å². The Hall–Kier alpha value is -2.60. The quantitative estimate of drug-likeness (QED) is 0.112. The van der Waals surface area contributed by atoms with E-state index in [2.05, 4.69) is 142 Å². The van der Waals surface area contributed by atoms with Crippen LogP contribution in [0.3, 0.4) is 0 Å². The lowest BCUT2D eigenvalue weighted by Gasteiger charge is -2.02. The van der Waals surface area contributed by atoms with Gasteiger partial charge in [0.2, 0.25) is 0 Å². The maximum absolute atomic E-state index is 2.42. The van der Waals surface area contributed by atoms with Crippen molar-refractivity contribution in [1.82, 2.24) is 0 Å². The van der Waals surface area contributed by atoms with Crippen LogP contribution >= 0.6 is 0 Å². The molecular weight excluding hydrogens is 480 g/mol. The molecule has 0 saturated heterocycles. The third-order valence-electron chi connectivity index (χ3n) is 6.87. The Kier molecular flexibility index (Phi) is 22.6. The number of hydrogen-bond donors (Lipinski definition) is 0. The molecule has 0 bridgehead atoms. The van der Waals surface area contributed by atoms with E-state index in [1.54, 1.807) is 0 Å². The second-order valence-electron chi connectivity index (χ2n) is 12.1. The van der Waals surface area contributed by atoms with Crippen LogP contribution in [0.15, 0.2) is 117 Å². The van der Waals surface area contributed by atoms with Crippen LogP contribution in [0.25, 0.3) is 0 Å². The molecule has 0 spiro atoms. The number of hydrogen-bond acceptors (Lipinski definition) is 0. The summed E-state index contributed by atoms with van der Waals surface area (Å²) in [6, 6.07) is 0. The van der Waals surface area contributed by atoms with Crippen LogP contribution in [0, 0.1) is 0 Å². The average molecular weight is 543 g/mol. The second-order valence-corrected chi connectivity index (χ2v) is 12.1. The molecule has 0 aromatic heterocycles. The first kappa shape index (κ1) is 37.4. The summed E-state index contributed by atoms with van der Waals surface area (Å²) in [5.74, 6) is 0. The molecular formula is C40H62. The summed E-state index contributed by atoms with van der Waals surface area (Å²) < 4.78 is 0. The molecule has 222 valence electrons. The third-order valence-corrected chi connectivity index (χ3v) is 6.87. The minimum atomic E-state index is 1.12. The van der Waals surface area contributed by atoms with Gasteiger partial charge in [0.15, 0.2) is 0 Å². The van der Waals surface area contributed by atoms with Crippen molar-refractivity contribution in [3.8, 4) is 0 Å². The lowest BCUT2D eigenvalue weighted by Crippen LogP contribution is -1.82. The van der Waals surface area contributed by atoms with Crippen molar-refractivity contribution < 1.29 is 0 Å². The highest BCUT2D eigenvalue weighted by Crippen LogP contribution is 2.14. The molecule has 0 aliphatic heterocycles. The molecule has 0 radical (unpaired) electrons. The Morgan fingerprint density at radius 2 is 0.675 bits per heavy atom. The molecule has 0 aliphatic rings. The molecule has 0 aliphatic carbocycles. The topological polar surface area (TPSA) is 0 Å². The fourth-order valence-corrected chi connectivity index (χ4v) is 4.14. The lowest BCUT2D eigenvalue weighted by atomic mass is 10.0. The Labute approximate surface area is 250 Å². The van der Waals surface area contributed by atoms with Gasteiger partial charge in [-0.2, -0.15) is 0 Å². The molecule has 0 aromatic rings. The summed E-state index contributed by atoms with van der Waals surface area (Å²) >= 11 is 0. The molecule has 0 atom stereocenters. The molecule has 40 heavy (non-hydrogen) atoms. The highest BCUT2D eigenvalue weighted by molar-refractivity contribution is 5.27. The molecule has 0 nitrogen and oxygen atoms in total. The number of rotatable bonds is 19. The average Bonchev–Trinajstić information content (AvgIpc) is 2.86. The van der Waals surface area contributed by atoms with Gasteiger partial charge in [-0.3, -0.25) is 0 Å². The standard InChI is InChI=1S/C40H62/c1-33(2)19-13-23-37(7)27-17-31-39(9)29-15-25-35(5)21-11-12-22-36(6)26-16-30-40(10)32-18-28-38(8)24-14-20-34(3)4/h11-12,15,19-22,25,27-30H,13-14,16-18,23-24,26,31-32H2,1-10H3/b12-11+,25-15+,35-21+,36-22+,37-27+,38-28+,39-29+,40-30-. The lowest BCUT2D eigenvalue weighted by molar-refractivity contribution is 0.900. The predicted octanol–water partition coefficient (Wildman–Crippen LogP) is 13.6. The normalized spacial score (nSPS) is 14.4. The summed E-state index contributed by atoms with van der Waals surface area (Å²) in [6.07, 6.45) is 38.8. The third kappa shape index (κ3) is 25.7. The summed E-state index contributed by atoms with van der Waals surface area (Å²) in [7, 11) is 0. The van der Waals surface area contributed by atoms with Gasteiger partial charge in [0, 0.05) is 0 Å². The first-order chi connectivity index (χ1) is 19.0. The first-order valence-electron chi connectivity index (χ1n) is 15.6. The largest absolute Gasteiger partial charge is 0.0856 e. The van der Waals surface area contributed by atoms with Crippen molar-refractivity contribution in [3.63, 3.8) is 0 Å². The maximum Gasteiger partial charge on any atom is -0.0285 e. The molecule has 0 amide bonds. The monoisotopic (exact) mass is 542 g/mol. The van der Waals surface area contributed by atoms with Gasteiger partial charge in [0.1, 0.15) is 0 Å². The SMILES string of the molecule is CC(C)=CCC/C(C)=C/CC/C(C)=C\CC/C(C)=C/C=C/C=C(C)/C=C/C=C(\C)CC/C=C(\C)CCC=C(C)C. The molecule has 0 unspecified atom stereocenters. The summed E-state index contributed by atoms with van der Waals surface area (Å²) in [5.41, 5.74) is 11.5. The summed E-state index contributed by atoms with van der Waals surface area (Å²) in [4.78, 5) is 0. The van der Waals surface area contributed by atoms with Crippen molar-refractivity contribution >= 4 is 0 Å². The van der Waals surface area contributed by atoms with Crippen molar-refractivity contribution in [3.05, 3.63) is 117 Å². The predicted molar refractivity (Wildman–Crippen MR) is 186 cm³/mol. The molecule has 0 fully saturated rings. The fraction of sp³-hybridized carbons (Fsp3) is 0.500. The van der Waals surface area contributed by atoms with Gasteiger partial charge >= 0.3 is 0 Å². The van der Waals surface area contributed by atoms with Crippen LogP contribution in [0.1, 0.15) is 133 Å². The van der Waals surface area contributed by atoms with Gasteiger partial charge in [-0.05, 0) is 133 Å². The van der Waals surface area contributed by atoms with E-state index in [1.807, 2.05) is 0 Å². The van der Waals surface area contributed by atoms with Crippen LogP contribution in [0.5, 0.6) is 0 Å². The van der Waals surface area contributed by atoms with E-state index in [0.29, 0.717) is 0 Å². The van der Waals surface area contributed by atoms with Crippen LogP contribution in [0.4, 0.5) is 0 Å². The Balaban J connectivity index is 4.39. The van der Waals surface area contributed by atoms with Crippen molar-refractivity contribution in [1.29, 1.82) is 0 Å². The molecule has 0 aromatic carbocycles. The van der Waals surface area contributed by atoms with Crippen molar-refractivity contribution in [2.45, 2.75) is 133 Å². The van der Waals surface area contributed by atoms with Crippen LogP contribution < -0.4 is 0 Å². The van der Waals surface area contributed by atoms with E-state index in [4.69, 9.17) is 0 Å². The maximum atomic E-state index is 2.42. The second kappa shape index (κ2) is 24.2. The summed E-state index contributed by atoms with van der Waals surface area (Å²) in [5, 5.41) is 0. The molecule has 0 rings (SSSR count). The number of allylic oxidation sites excluding steroid dienone is 20. The highest BCUT2D eigenvalue weighted by atomic mass is 14.0. The van der Waals surface area contributed by atoms with Crippen molar-refractivity contribution in [2.24, 2.45) is 0 Å². The Morgan fingerprint density at radius 1 is 0.350 bits per heavy atom. The van der Waals surface area contributed by atoms with Crippen LogP contribution in [-0.4, -0.2) is 0 Å². The van der Waals surface area contributed by atoms with Crippen LogP contribution in [-0.2, 0) is 0 Å². The van der Waals surface area contributed by atoms with E-state index in [9.17, 15) is 0 Å². The first-order valence-corrected chi connectivity index (χ1v) is 15.6. The summed E-state index contributed by atoms with van der Waals surface area (Å²) in [6.45, 7) is 22.1. The minimum absolute atomic E-state index is 1.12. The Bertz CT molecular complexity index is 1010. The zero-order valence-corrected chi connectivity index (χ0v) is 28.0. The van der Waals surface area contributed by atoms with E-state index < -0.39 is 0 Å². The Morgan fingerprint density at radius 3 is 1.07 bits per heavy atom. The van der Waals surface area contributed by atoms with E-state index in [-0.39, 0.29) is 0 Å². The molecule has 0 saturated carbocycles. The van der Waals surface area contributed by atoms with Gasteiger partial charge in [-0.15, -0.1) is 0 Å². The minimum Gasteiger partial charge on any atom is -0.0856 e. The van der Waals surface area contributed by atoms with Gasteiger partial charge < -0.3 is 0 Å². The van der Waals surface area contributed by atoms with Gasteiger partial charge in [0.05, 0.1) is 0 Å². The van der Waals surface area contributed by atoms with Gasteiger partial charge in [0.25, 0.3) is 0 Å².